The lowest BCUT2D eigenvalue weighted by atomic mass is 9.91. The minimum absolute atomic E-state index is 0.00348. The van der Waals surface area contributed by atoms with Crippen LogP contribution in [0.4, 0.5) is 0 Å². The summed E-state index contributed by atoms with van der Waals surface area (Å²) in [6.45, 7) is 6.69. The van der Waals surface area contributed by atoms with E-state index in [0.29, 0.717) is 44.2 Å². The van der Waals surface area contributed by atoms with Gasteiger partial charge in [-0.15, -0.1) is 5.10 Å². The number of carbonyl (C=O) groups is 2. The normalized spacial score (nSPS) is 19.5. The maximum atomic E-state index is 14.1. The molecule has 1 atom stereocenters. The number of nitrogens with one attached hydrogen (secondary N) is 3. The Kier molecular flexibility index (Phi) is 8.98. The molecule has 242 valence electrons. The maximum absolute atomic E-state index is 14.1. The van der Waals surface area contributed by atoms with E-state index in [-0.39, 0.29) is 30.0 Å². The zero-order valence-corrected chi connectivity index (χ0v) is 26.2. The second kappa shape index (κ2) is 13.6. The lowest BCUT2D eigenvalue weighted by molar-refractivity contribution is -0.143. The third kappa shape index (κ3) is 6.63. The first kappa shape index (κ1) is 30.4. The van der Waals surface area contributed by atoms with Crippen molar-refractivity contribution in [3.05, 3.63) is 70.8 Å². The number of piperidine rings is 2. The molecule has 3 fully saturated rings. The van der Waals surface area contributed by atoms with Crippen LogP contribution in [-0.4, -0.2) is 110 Å². The topological polar surface area (TPSA) is 135 Å². The number of hydrogen-bond acceptors (Lipinski definition) is 7. The van der Waals surface area contributed by atoms with Crippen molar-refractivity contribution in [1.82, 2.24) is 45.0 Å². The number of fused-ring (bicyclic) bond motifs is 1. The average Bonchev–Trinajstić information content (AvgIpc) is 3.75. The standard InChI is InChI=1S/C34H43N9O3/c44-31(41-14-10-29(11-15-41)43-34(46)37-32(39-43)25-4-2-1-3-5-25)22-26(20-24-6-7-30-27(21-24)23-36-38-30)33(45)42-16-8-28(9-17-42)40-18-12-35-13-19-40/h1-7,21,23,26,28-29,35H,8-20,22H2,(H,36,38)(H,37,39,46). The lowest BCUT2D eigenvalue weighted by Gasteiger charge is -2.41. The Morgan fingerprint density at radius 1 is 0.870 bits per heavy atom. The highest BCUT2D eigenvalue weighted by Crippen LogP contribution is 2.26. The minimum atomic E-state index is -0.437. The van der Waals surface area contributed by atoms with Gasteiger partial charge in [0.05, 0.1) is 23.7 Å². The summed E-state index contributed by atoms with van der Waals surface area (Å²) in [6, 6.07) is 16.1. The van der Waals surface area contributed by atoms with Crippen LogP contribution in [0, 0.1) is 5.92 Å². The third-order valence-corrected chi connectivity index (χ3v) is 10.1. The van der Waals surface area contributed by atoms with Crippen LogP contribution in [0.15, 0.2) is 59.5 Å². The molecule has 0 aliphatic carbocycles. The molecule has 12 nitrogen and oxygen atoms in total. The highest BCUT2D eigenvalue weighted by atomic mass is 16.2. The van der Waals surface area contributed by atoms with Crippen molar-refractivity contribution in [2.45, 2.75) is 50.6 Å². The van der Waals surface area contributed by atoms with Crippen molar-refractivity contribution in [2.75, 3.05) is 52.4 Å². The fourth-order valence-corrected chi connectivity index (χ4v) is 7.42. The van der Waals surface area contributed by atoms with Crippen molar-refractivity contribution >= 4 is 22.7 Å². The van der Waals surface area contributed by atoms with E-state index in [1.807, 2.05) is 52.3 Å². The number of carbonyl (C=O) groups excluding carboxylic acids is 2. The largest absolute Gasteiger partial charge is 0.343 e. The Bertz CT molecular complexity index is 1690. The summed E-state index contributed by atoms with van der Waals surface area (Å²) in [6.07, 6.45) is 5.69. The van der Waals surface area contributed by atoms with Gasteiger partial charge in [-0.3, -0.25) is 24.6 Å². The van der Waals surface area contributed by atoms with Gasteiger partial charge in [0.2, 0.25) is 11.8 Å². The molecule has 3 aliphatic rings. The van der Waals surface area contributed by atoms with E-state index in [0.717, 1.165) is 74.1 Å². The predicted molar refractivity (Wildman–Crippen MR) is 175 cm³/mol. The number of aromatic nitrogens is 5. The van der Waals surface area contributed by atoms with E-state index in [1.54, 1.807) is 6.20 Å². The Hall–Kier alpha value is -4.29. The zero-order valence-electron chi connectivity index (χ0n) is 26.2. The van der Waals surface area contributed by atoms with Gasteiger partial charge in [-0.1, -0.05) is 36.4 Å². The van der Waals surface area contributed by atoms with Crippen molar-refractivity contribution in [3.8, 4) is 11.4 Å². The number of H-pyrrole nitrogens is 2. The van der Waals surface area contributed by atoms with Crippen LogP contribution in [-0.2, 0) is 16.0 Å². The molecular weight excluding hydrogens is 582 g/mol. The van der Waals surface area contributed by atoms with Gasteiger partial charge in [0.15, 0.2) is 5.82 Å². The van der Waals surface area contributed by atoms with Crippen LogP contribution in [0.2, 0.25) is 0 Å². The van der Waals surface area contributed by atoms with Crippen LogP contribution in [0.1, 0.15) is 43.7 Å². The van der Waals surface area contributed by atoms with Crippen molar-refractivity contribution in [2.24, 2.45) is 5.92 Å². The highest BCUT2D eigenvalue weighted by Gasteiger charge is 2.34. The quantitative estimate of drug-likeness (QED) is 0.274. The number of piperazine rings is 1. The molecule has 0 spiro atoms. The lowest BCUT2D eigenvalue weighted by Crippen LogP contribution is -2.53. The van der Waals surface area contributed by atoms with Gasteiger partial charge in [-0.25, -0.2) is 9.48 Å². The van der Waals surface area contributed by atoms with E-state index in [2.05, 4.69) is 36.6 Å². The van der Waals surface area contributed by atoms with E-state index in [4.69, 9.17) is 0 Å². The van der Waals surface area contributed by atoms with Gasteiger partial charge >= 0.3 is 5.69 Å². The second-order valence-electron chi connectivity index (χ2n) is 12.9. The first-order valence-corrected chi connectivity index (χ1v) is 16.7. The van der Waals surface area contributed by atoms with Crippen LogP contribution < -0.4 is 11.0 Å². The fraction of sp³-hybridized carbons (Fsp3) is 0.500. The number of likely N-dealkylation sites (tertiary alicyclic amines) is 2. The molecule has 0 radical (unpaired) electrons. The molecule has 5 heterocycles. The van der Waals surface area contributed by atoms with E-state index in [1.165, 1.54) is 4.68 Å². The predicted octanol–water partition coefficient (Wildman–Crippen LogP) is 2.42. The molecule has 3 aliphatic heterocycles. The summed E-state index contributed by atoms with van der Waals surface area (Å²) < 4.78 is 1.53. The first-order chi connectivity index (χ1) is 22.5. The number of amides is 2. The molecule has 7 rings (SSSR count). The summed E-state index contributed by atoms with van der Waals surface area (Å²) in [4.78, 5) is 49.9. The number of rotatable bonds is 8. The van der Waals surface area contributed by atoms with Crippen molar-refractivity contribution in [3.63, 3.8) is 0 Å². The number of hydrogen-bond donors (Lipinski definition) is 3. The molecule has 46 heavy (non-hydrogen) atoms. The molecule has 2 amide bonds. The average molecular weight is 626 g/mol. The van der Waals surface area contributed by atoms with E-state index < -0.39 is 5.92 Å². The van der Waals surface area contributed by atoms with Gasteiger partial charge in [0, 0.05) is 75.8 Å². The Morgan fingerprint density at radius 2 is 1.59 bits per heavy atom. The van der Waals surface area contributed by atoms with Crippen LogP contribution in [0.25, 0.3) is 22.3 Å². The molecule has 12 heteroatoms. The summed E-state index contributed by atoms with van der Waals surface area (Å²) in [5, 5.41) is 16.1. The molecule has 2 aromatic carbocycles. The van der Waals surface area contributed by atoms with Crippen molar-refractivity contribution in [1.29, 1.82) is 0 Å². The highest BCUT2D eigenvalue weighted by molar-refractivity contribution is 5.86. The van der Waals surface area contributed by atoms with Crippen molar-refractivity contribution < 1.29 is 9.59 Å². The van der Waals surface area contributed by atoms with E-state index >= 15 is 0 Å². The molecule has 2 aromatic heterocycles. The monoisotopic (exact) mass is 625 g/mol. The smallest absolute Gasteiger partial charge is 0.343 e. The Balaban J connectivity index is 1.01. The number of nitrogens with zero attached hydrogens (tertiary/aromatic N) is 6. The molecule has 3 saturated heterocycles. The molecule has 3 N–H and O–H groups in total. The van der Waals surface area contributed by atoms with Gasteiger partial charge in [0.1, 0.15) is 0 Å². The van der Waals surface area contributed by atoms with Gasteiger partial charge in [0.25, 0.3) is 0 Å². The summed E-state index contributed by atoms with van der Waals surface area (Å²) in [5.41, 5.74) is 2.61. The fourth-order valence-electron chi connectivity index (χ4n) is 7.42. The number of benzene rings is 2. The Morgan fingerprint density at radius 3 is 2.35 bits per heavy atom. The van der Waals surface area contributed by atoms with Gasteiger partial charge in [-0.2, -0.15) is 5.10 Å². The molecule has 0 bridgehead atoms. The van der Waals surface area contributed by atoms with Gasteiger partial charge < -0.3 is 15.1 Å². The minimum Gasteiger partial charge on any atom is -0.343 e. The molecule has 1 unspecified atom stereocenters. The number of aromatic amines is 2. The van der Waals surface area contributed by atoms with Gasteiger partial charge in [-0.05, 0) is 49.8 Å². The van der Waals surface area contributed by atoms with Crippen LogP contribution in [0.5, 0.6) is 0 Å². The molecular formula is C34H43N9O3. The second-order valence-corrected chi connectivity index (χ2v) is 12.9. The zero-order chi connectivity index (χ0) is 31.5. The van der Waals surface area contributed by atoms with E-state index in [9.17, 15) is 14.4 Å². The van der Waals surface area contributed by atoms with Crippen LogP contribution >= 0.6 is 0 Å². The maximum Gasteiger partial charge on any atom is 0.343 e. The summed E-state index contributed by atoms with van der Waals surface area (Å²) in [5.74, 6) is 0.186. The SMILES string of the molecule is O=C(CC(Cc1ccc2[nH]ncc2c1)C(=O)N1CCC(N2CCNCC2)CC1)N1CCC(n2nc(-c3ccccc3)[nH]c2=O)CC1. The summed E-state index contributed by atoms with van der Waals surface area (Å²) >= 11 is 0. The Labute approximate surface area is 268 Å². The third-order valence-electron chi connectivity index (χ3n) is 10.1. The molecule has 4 aromatic rings. The van der Waals surface area contributed by atoms with Crippen LogP contribution in [0.3, 0.4) is 0 Å². The molecule has 0 saturated carbocycles. The first-order valence-electron chi connectivity index (χ1n) is 16.7. The summed E-state index contributed by atoms with van der Waals surface area (Å²) in [7, 11) is 0.